The van der Waals surface area contributed by atoms with Gasteiger partial charge in [0.1, 0.15) is 6.54 Å². The van der Waals surface area contributed by atoms with Gasteiger partial charge in [-0.3, -0.25) is 14.6 Å². The highest BCUT2D eigenvalue weighted by atomic mass is 16.2. The lowest BCUT2D eigenvalue weighted by atomic mass is 10.1. The molecule has 1 amide bonds. The van der Waals surface area contributed by atoms with Crippen LogP contribution >= 0.6 is 0 Å². The Morgan fingerprint density at radius 3 is 3.13 bits per heavy atom. The predicted molar refractivity (Wildman–Crippen MR) is 86.9 cm³/mol. The summed E-state index contributed by atoms with van der Waals surface area (Å²) in [6.07, 6.45) is 9.39. The van der Waals surface area contributed by atoms with Gasteiger partial charge in [-0.1, -0.05) is 6.08 Å². The summed E-state index contributed by atoms with van der Waals surface area (Å²) in [5.41, 5.74) is 3.42. The van der Waals surface area contributed by atoms with Crippen LogP contribution in [0.5, 0.6) is 0 Å². The molecule has 23 heavy (non-hydrogen) atoms. The van der Waals surface area contributed by atoms with Crippen molar-refractivity contribution in [1.29, 1.82) is 0 Å². The van der Waals surface area contributed by atoms with Crippen molar-refractivity contribution in [3.05, 3.63) is 35.8 Å². The van der Waals surface area contributed by atoms with Gasteiger partial charge in [-0.05, 0) is 31.4 Å². The molecule has 0 radical (unpaired) electrons. The van der Waals surface area contributed by atoms with Crippen LogP contribution in [0.2, 0.25) is 0 Å². The van der Waals surface area contributed by atoms with E-state index >= 15 is 0 Å². The molecule has 120 valence electrons. The van der Waals surface area contributed by atoms with Crippen molar-refractivity contribution in [3.8, 4) is 0 Å². The third-order valence-electron chi connectivity index (χ3n) is 4.22. The van der Waals surface area contributed by atoms with E-state index in [2.05, 4.69) is 32.0 Å². The molecule has 0 unspecified atom stereocenters. The minimum Gasteiger partial charge on any atom is -0.312 e. The second-order valence-electron chi connectivity index (χ2n) is 6.15. The monoisotopic (exact) mass is 312 g/mol. The molecule has 7 heteroatoms. The topological polar surface area (TPSA) is 87.6 Å². The lowest BCUT2D eigenvalue weighted by Gasteiger charge is -2.12. The first kappa shape index (κ1) is 14.2. The minimum absolute atomic E-state index is 0.121. The number of aromatic amines is 1. The Morgan fingerprint density at radius 2 is 2.35 bits per heavy atom. The molecule has 1 saturated carbocycles. The Labute approximate surface area is 134 Å². The highest BCUT2D eigenvalue weighted by Gasteiger charge is 2.25. The maximum Gasteiger partial charge on any atom is 0.247 e. The van der Waals surface area contributed by atoms with Gasteiger partial charge >= 0.3 is 0 Å². The molecule has 2 aromatic heterocycles. The van der Waals surface area contributed by atoms with Gasteiger partial charge in [-0.25, -0.2) is 0 Å². The molecule has 0 aromatic carbocycles. The fourth-order valence-corrected chi connectivity index (χ4v) is 2.81. The van der Waals surface area contributed by atoms with Crippen molar-refractivity contribution in [2.45, 2.75) is 31.7 Å². The number of hydrogen-bond acceptors (Lipinski definition) is 4. The summed E-state index contributed by atoms with van der Waals surface area (Å²) in [7, 11) is 0. The van der Waals surface area contributed by atoms with Gasteiger partial charge in [0.05, 0.1) is 6.20 Å². The molecule has 4 rings (SSSR count). The Kier molecular flexibility index (Phi) is 3.70. The highest BCUT2D eigenvalue weighted by Crippen LogP contribution is 2.39. The van der Waals surface area contributed by atoms with Crippen molar-refractivity contribution < 1.29 is 4.79 Å². The van der Waals surface area contributed by atoms with Gasteiger partial charge in [0, 0.05) is 36.0 Å². The van der Waals surface area contributed by atoms with E-state index in [4.69, 9.17) is 0 Å². The quantitative estimate of drug-likeness (QED) is 0.781. The SMILES string of the molecule is O=C(Cn1cc(C2=CCCNC2)cn1)Nc1cc(C2CC2)[nH]n1. The summed E-state index contributed by atoms with van der Waals surface area (Å²) in [6, 6.07) is 1.92. The number of carbonyl (C=O) groups excluding carboxylic acids is 1. The van der Waals surface area contributed by atoms with Crippen LogP contribution in [0.1, 0.15) is 36.4 Å². The predicted octanol–water partition coefficient (Wildman–Crippen LogP) is 1.50. The number of nitrogens with zero attached hydrogens (tertiary/aromatic N) is 3. The highest BCUT2D eigenvalue weighted by molar-refractivity contribution is 5.89. The van der Waals surface area contributed by atoms with Crippen LogP contribution in [0.15, 0.2) is 24.5 Å². The Morgan fingerprint density at radius 1 is 1.43 bits per heavy atom. The van der Waals surface area contributed by atoms with E-state index in [1.807, 2.05) is 18.5 Å². The lowest BCUT2D eigenvalue weighted by Crippen LogP contribution is -2.21. The number of nitrogens with one attached hydrogen (secondary N) is 3. The Hall–Kier alpha value is -2.41. The van der Waals surface area contributed by atoms with E-state index < -0.39 is 0 Å². The molecular formula is C16H20N6O. The molecule has 3 heterocycles. The maximum absolute atomic E-state index is 12.1. The van der Waals surface area contributed by atoms with Crippen LogP contribution < -0.4 is 10.6 Å². The minimum atomic E-state index is -0.121. The van der Waals surface area contributed by atoms with Gasteiger partial charge in [0.25, 0.3) is 0 Å². The summed E-state index contributed by atoms with van der Waals surface area (Å²) in [5, 5.41) is 17.5. The zero-order chi connectivity index (χ0) is 15.6. The van der Waals surface area contributed by atoms with Crippen LogP contribution in [0.4, 0.5) is 5.82 Å². The normalized spacial score (nSPS) is 17.8. The van der Waals surface area contributed by atoms with E-state index in [1.165, 1.54) is 18.4 Å². The maximum atomic E-state index is 12.1. The summed E-state index contributed by atoms with van der Waals surface area (Å²) in [6.45, 7) is 2.06. The van der Waals surface area contributed by atoms with Crippen molar-refractivity contribution in [2.75, 3.05) is 18.4 Å². The summed E-state index contributed by atoms with van der Waals surface area (Å²) >= 11 is 0. The van der Waals surface area contributed by atoms with E-state index in [-0.39, 0.29) is 12.5 Å². The molecule has 0 atom stereocenters. The fraction of sp³-hybridized carbons (Fsp3) is 0.438. The van der Waals surface area contributed by atoms with Crippen LogP contribution in [0.25, 0.3) is 5.57 Å². The molecule has 3 N–H and O–H groups in total. The van der Waals surface area contributed by atoms with Gasteiger partial charge in [-0.2, -0.15) is 10.2 Å². The average molecular weight is 312 g/mol. The van der Waals surface area contributed by atoms with Gasteiger partial charge < -0.3 is 10.6 Å². The Balaban J connectivity index is 1.36. The number of hydrogen-bond donors (Lipinski definition) is 3. The fourth-order valence-electron chi connectivity index (χ4n) is 2.81. The first-order valence-corrected chi connectivity index (χ1v) is 8.05. The molecule has 1 aliphatic carbocycles. The number of H-pyrrole nitrogens is 1. The van der Waals surface area contributed by atoms with Gasteiger partial charge in [0.2, 0.25) is 5.91 Å². The van der Waals surface area contributed by atoms with Crippen molar-refractivity contribution in [1.82, 2.24) is 25.3 Å². The first-order valence-electron chi connectivity index (χ1n) is 8.05. The standard InChI is InChI=1S/C16H20N6O/c23-16(19-15-6-14(20-21-15)11-3-4-11)10-22-9-13(8-18-22)12-2-1-5-17-7-12/h2,6,8-9,11,17H,1,3-5,7,10H2,(H2,19,20,21,23). The van der Waals surface area contributed by atoms with Crippen LogP contribution in [-0.2, 0) is 11.3 Å². The lowest BCUT2D eigenvalue weighted by molar-refractivity contribution is -0.116. The average Bonchev–Trinajstić information content (AvgIpc) is 3.14. The molecule has 0 saturated heterocycles. The largest absolute Gasteiger partial charge is 0.312 e. The summed E-state index contributed by atoms with van der Waals surface area (Å²) < 4.78 is 1.66. The van der Waals surface area contributed by atoms with Crippen LogP contribution in [0.3, 0.4) is 0 Å². The van der Waals surface area contributed by atoms with E-state index in [1.54, 1.807) is 4.68 Å². The number of anilines is 1. The van der Waals surface area contributed by atoms with Crippen LogP contribution in [0, 0.1) is 0 Å². The van der Waals surface area contributed by atoms with E-state index in [0.717, 1.165) is 30.8 Å². The van der Waals surface area contributed by atoms with Crippen molar-refractivity contribution in [3.63, 3.8) is 0 Å². The van der Waals surface area contributed by atoms with Gasteiger partial charge in [-0.15, -0.1) is 0 Å². The number of rotatable bonds is 5. The second-order valence-corrected chi connectivity index (χ2v) is 6.15. The third-order valence-corrected chi connectivity index (χ3v) is 4.22. The van der Waals surface area contributed by atoms with E-state index in [0.29, 0.717) is 11.7 Å². The summed E-state index contributed by atoms with van der Waals surface area (Å²) in [5.74, 6) is 1.06. The molecule has 7 nitrogen and oxygen atoms in total. The smallest absolute Gasteiger partial charge is 0.247 e. The number of aromatic nitrogens is 4. The Bertz CT molecular complexity index is 739. The van der Waals surface area contributed by atoms with Crippen molar-refractivity contribution in [2.24, 2.45) is 0 Å². The molecule has 1 fully saturated rings. The zero-order valence-electron chi connectivity index (χ0n) is 12.9. The van der Waals surface area contributed by atoms with E-state index in [9.17, 15) is 4.79 Å². The van der Waals surface area contributed by atoms with Crippen molar-refractivity contribution >= 4 is 17.3 Å². The molecule has 1 aliphatic heterocycles. The number of amides is 1. The number of carbonyl (C=O) groups is 1. The van der Waals surface area contributed by atoms with Gasteiger partial charge in [0.15, 0.2) is 5.82 Å². The first-order chi connectivity index (χ1) is 11.3. The zero-order valence-corrected chi connectivity index (χ0v) is 12.9. The summed E-state index contributed by atoms with van der Waals surface area (Å²) in [4.78, 5) is 12.1. The molecule has 0 spiro atoms. The molecule has 2 aliphatic rings. The second kappa shape index (κ2) is 6.00. The molecule has 0 bridgehead atoms. The third kappa shape index (κ3) is 3.34. The van der Waals surface area contributed by atoms with Crippen LogP contribution in [-0.4, -0.2) is 39.0 Å². The molecular weight excluding hydrogens is 292 g/mol. The molecule has 2 aromatic rings.